The Morgan fingerprint density at radius 3 is 2.95 bits per heavy atom. The predicted molar refractivity (Wildman–Crippen MR) is 66.4 cm³/mol. The first-order chi connectivity index (χ1) is 9.65. The SMILES string of the molecule is O=C(O)c1ccc(F)cc1Oc1nccn2nccc12. The van der Waals surface area contributed by atoms with Crippen LogP contribution in [0.4, 0.5) is 4.39 Å². The average molecular weight is 273 g/mol. The van der Waals surface area contributed by atoms with Gasteiger partial charge in [-0.15, -0.1) is 0 Å². The molecule has 0 aliphatic rings. The fraction of sp³-hybridized carbons (Fsp3) is 0. The molecule has 0 aliphatic carbocycles. The van der Waals surface area contributed by atoms with Crippen molar-refractivity contribution in [1.29, 1.82) is 0 Å². The Morgan fingerprint density at radius 1 is 1.30 bits per heavy atom. The molecule has 2 aromatic heterocycles. The number of aromatic carboxylic acids is 1. The van der Waals surface area contributed by atoms with E-state index in [1.807, 2.05) is 0 Å². The number of carboxylic acid groups (broad SMARTS) is 1. The molecule has 0 unspecified atom stereocenters. The third-order valence-corrected chi connectivity index (χ3v) is 2.67. The lowest BCUT2D eigenvalue weighted by Crippen LogP contribution is -2.02. The van der Waals surface area contributed by atoms with E-state index in [2.05, 4.69) is 10.1 Å². The molecule has 0 atom stereocenters. The fourth-order valence-electron chi connectivity index (χ4n) is 1.77. The van der Waals surface area contributed by atoms with Crippen LogP contribution in [0.15, 0.2) is 42.9 Å². The van der Waals surface area contributed by atoms with E-state index in [1.54, 1.807) is 18.5 Å². The van der Waals surface area contributed by atoms with E-state index in [0.29, 0.717) is 5.52 Å². The molecule has 0 saturated heterocycles. The minimum atomic E-state index is -1.21. The number of benzene rings is 1. The molecule has 20 heavy (non-hydrogen) atoms. The molecule has 1 N–H and O–H groups in total. The number of hydrogen-bond acceptors (Lipinski definition) is 4. The highest BCUT2D eigenvalue weighted by atomic mass is 19.1. The number of carbonyl (C=O) groups is 1. The monoisotopic (exact) mass is 273 g/mol. The summed E-state index contributed by atoms with van der Waals surface area (Å²) < 4.78 is 20.2. The van der Waals surface area contributed by atoms with Gasteiger partial charge in [-0.2, -0.15) is 5.10 Å². The zero-order valence-corrected chi connectivity index (χ0v) is 10.0. The number of rotatable bonds is 3. The molecule has 3 aromatic rings. The second-order valence-corrected chi connectivity index (χ2v) is 3.94. The zero-order valence-electron chi connectivity index (χ0n) is 10.0. The van der Waals surface area contributed by atoms with E-state index in [0.717, 1.165) is 18.2 Å². The molecule has 3 rings (SSSR count). The Hall–Kier alpha value is -2.96. The van der Waals surface area contributed by atoms with Gasteiger partial charge in [0.05, 0.1) is 6.20 Å². The van der Waals surface area contributed by atoms with Gasteiger partial charge in [0, 0.05) is 18.5 Å². The van der Waals surface area contributed by atoms with Crippen molar-refractivity contribution in [3.63, 3.8) is 0 Å². The van der Waals surface area contributed by atoms with Crippen LogP contribution < -0.4 is 4.74 Å². The Morgan fingerprint density at radius 2 is 2.15 bits per heavy atom. The smallest absolute Gasteiger partial charge is 0.339 e. The summed E-state index contributed by atoms with van der Waals surface area (Å²) in [5, 5.41) is 13.1. The molecule has 0 amide bonds. The van der Waals surface area contributed by atoms with Gasteiger partial charge in [0.1, 0.15) is 22.6 Å². The quantitative estimate of drug-likeness (QED) is 0.792. The van der Waals surface area contributed by atoms with Crippen LogP contribution in [-0.2, 0) is 0 Å². The standard InChI is InChI=1S/C13H8FN3O3/c14-8-1-2-9(13(18)19)11(7-8)20-12-10-3-4-16-17(10)6-5-15-12/h1-7H,(H,18,19). The number of hydrogen-bond donors (Lipinski definition) is 1. The maximum Gasteiger partial charge on any atom is 0.339 e. The van der Waals surface area contributed by atoms with Crippen molar-refractivity contribution in [2.75, 3.05) is 0 Å². The number of carboxylic acids is 1. The summed E-state index contributed by atoms with van der Waals surface area (Å²) in [6, 6.07) is 4.86. The number of aromatic nitrogens is 3. The van der Waals surface area contributed by atoms with Gasteiger partial charge in [0.25, 0.3) is 0 Å². The van der Waals surface area contributed by atoms with Crippen LogP contribution in [0.3, 0.4) is 0 Å². The molecular formula is C13H8FN3O3. The summed E-state index contributed by atoms with van der Waals surface area (Å²) in [7, 11) is 0. The number of halogens is 1. The normalized spacial score (nSPS) is 10.7. The summed E-state index contributed by atoms with van der Waals surface area (Å²) in [6.45, 7) is 0. The largest absolute Gasteiger partial charge is 0.478 e. The van der Waals surface area contributed by atoms with Crippen LogP contribution in [0.2, 0.25) is 0 Å². The number of ether oxygens (including phenoxy) is 1. The molecule has 0 saturated carbocycles. The summed E-state index contributed by atoms with van der Waals surface area (Å²) in [5.41, 5.74) is 0.405. The summed E-state index contributed by atoms with van der Waals surface area (Å²) >= 11 is 0. The lowest BCUT2D eigenvalue weighted by molar-refractivity contribution is 0.0694. The summed E-state index contributed by atoms with van der Waals surface area (Å²) in [4.78, 5) is 15.1. The number of nitrogens with zero attached hydrogens (tertiary/aromatic N) is 3. The maximum absolute atomic E-state index is 13.3. The van der Waals surface area contributed by atoms with Gasteiger partial charge in [-0.05, 0) is 18.2 Å². The molecule has 100 valence electrons. The van der Waals surface area contributed by atoms with Gasteiger partial charge >= 0.3 is 5.97 Å². The molecule has 1 aromatic carbocycles. The van der Waals surface area contributed by atoms with Crippen LogP contribution in [0, 0.1) is 5.82 Å². The van der Waals surface area contributed by atoms with E-state index in [-0.39, 0.29) is 17.2 Å². The first-order valence-corrected chi connectivity index (χ1v) is 5.64. The van der Waals surface area contributed by atoms with E-state index in [1.165, 1.54) is 10.7 Å². The predicted octanol–water partition coefficient (Wildman–Crippen LogP) is 2.36. The van der Waals surface area contributed by atoms with E-state index in [9.17, 15) is 9.18 Å². The lowest BCUT2D eigenvalue weighted by Gasteiger charge is -2.08. The van der Waals surface area contributed by atoms with Gasteiger partial charge in [0.2, 0.25) is 5.88 Å². The Labute approximate surface area is 112 Å². The summed E-state index contributed by atoms with van der Waals surface area (Å²) in [6.07, 6.45) is 4.62. The van der Waals surface area contributed by atoms with E-state index >= 15 is 0 Å². The van der Waals surface area contributed by atoms with Crippen LogP contribution >= 0.6 is 0 Å². The van der Waals surface area contributed by atoms with Crippen molar-refractivity contribution >= 4 is 11.5 Å². The minimum Gasteiger partial charge on any atom is -0.478 e. The van der Waals surface area contributed by atoms with Crippen molar-refractivity contribution in [2.24, 2.45) is 0 Å². The van der Waals surface area contributed by atoms with Gasteiger partial charge in [0.15, 0.2) is 0 Å². The minimum absolute atomic E-state index is 0.112. The summed E-state index contributed by atoms with van der Waals surface area (Å²) in [5.74, 6) is -1.76. The van der Waals surface area contributed by atoms with E-state index < -0.39 is 11.8 Å². The molecule has 7 heteroatoms. The highest BCUT2D eigenvalue weighted by molar-refractivity contribution is 5.91. The molecule has 0 aliphatic heterocycles. The molecule has 0 bridgehead atoms. The Bertz CT molecular complexity index is 800. The molecule has 0 radical (unpaired) electrons. The molecule has 2 heterocycles. The van der Waals surface area contributed by atoms with Crippen LogP contribution in [-0.4, -0.2) is 25.7 Å². The van der Waals surface area contributed by atoms with Crippen LogP contribution in [0.5, 0.6) is 11.6 Å². The highest BCUT2D eigenvalue weighted by Crippen LogP contribution is 2.27. The third kappa shape index (κ3) is 2.05. The van der Waals surface area contributed by atoms with Crippen molar-refractivity contribution < 1.29 is 19.0 Å². The molecule has 0 spiro atoms. The maximum atomic E-state index is 13.3. The van der Waals surface area contributed by atoms with Crippen molar-refractivity contribution in [1.82, 2.24) is 14.6 Å². The fourth-order valence-corrected chi connectivity index (χ4v) is 1.77. The Kier molecular flexibility index (Phi) is 2.79. The first kappa shape index (κ1) is 12.1. The van der Waals surface area contributed by atoms with Crippen molar-refractivity contribution in [2.45, 2.75) is 0 Å². The van der Waals surface area contributed by atoms with Gasteiger partial charge in [-0.25, -0.2) is 18.7 Å². The topological polar surface area (TPSA) is 76.7 Å². The van der Waals surface area contributed by atoms with Crippen molar-refractivity contribution in [3.05, 3.63) is 54.2 Å². The van der Waals surface area contributed by atoms with Gasteiger partial charge < -0.3 is 9.84 Å². The number of fused-ring (bicyclic) bond motifs is 1. The first-order valence-electron chi connectivity index (χ1n) is 5.64. The second-order valence-electron chi connectivity index (χ2n) is 3.94. The lowest BCUT2D eigenvalue weighted by atomic mass is 10.2. The van der Waals surface area contributed by atoms with E-state index in [4.69, 9.17) is 9.84 Å². The van der Waals surface area contributed by atoms with Gasteiger partial charge in [-0.1, -0.05) is 0 Å². The van der Waals surface area contributed by atoms with Crippen molar-refractivity contribution in [3.8, 4) is 11.6 Å². The second kappa shape index (κ2) is 4.61. The highest BCUT2D eigenvalue weighted by Gasteiger charge is 2.15. The van der Waals surface area contributed by atoms with Crippen LogP contribution in [0.25, 0.3) is 5.52 Å². The van der Waals surface area contributed by atoms with Crippen LogP contribution in [0.1, 0.15) is 10.4 Å². The van der Waals surface area contributed by atoms with Gasteiger partial charge in [-0.3, -0.25) is 0 Å². The molecule has 0 fully saturated rings. The Balaban J connectivity index is 2.09. The third-order valence-electron chi connectivity index (χ3n) is 2.67. The molecule has 6 nitrogen and oxygen atoms in total. The molecular weight excluding hydrogens is 265 g/mol. The average Bonchev–Trinajstić information content (AvgIpc) is 2.88. The zero-order chi connectivity index (χ0) is 14.1.